The molecule has 5 aromatic rings. The summed E-state index contributed by atoms with van der Waals surface area (Å²) in [5.74, 6) is 0.371. The van der Waals surface area contributed by atoms with Gasteiger partial charge in [0.1, 0.15) is 0 Å². The molecule has 0 fully saturated rings. The maximum atomic E-state index is 15.5. The fourth-order valence-electron chi connectivity index (χ4n) is 3.99. The van der Waals surface area contributed by atoms with Gasteiger partial charge in [-0.25, -0.2) is 9.37 Å². The molecule has 4 aromatic heterocycles. The molecule has 5 rings (SSSR count). The summed E-state index contributed by atoms with van der Waals surface area (Å²) in [5, 5.41) is 17.6. The highest BCUT2D eigenvalue weighted by molar-refractivity contribution is 5.84. The molecule has 0 aliphatic carbocycles. The number of aromatic nitrogens is 8. The number of alkyl halides is 1. The van der Waals surface area contributed by atoms with Crippen molar-refractivity contribution in [2.45, 2.75) is 33.5 Å². The van der Waals surface area contributed by atoms with E-state index >= 15 is 4.39 Å². The third-order valence-corrected chi connectivity index (χ3v) is 6.00. The van der Waals surface area contributed by atoms with Gasteiger partial charge in [-0.1, -0.05) is 19.9 Å². The molecule has 0 radical (unpaired) electrons. The van der Waals surface area contributed by atoms with Crippen LogP contribution >= 0.6 is 0 Å². The molecule has 0 aliphatic heterocycles. The Hall–Kier alpha value is -3.79. The van der Waals surface area contributed by atoms with Crippen molar-refractivity contribution >= 4 is 16.7 Å². The van der Waals surface area contributed by atoms with Gasteiger partial charge < -0.3 is 4.90 Å². The van der Waals surface area contributed by atoms with Gasteiger partial charge in [0.2, 0.25) is 0 Å². The molecule has 0 bridgehead atoms. The SMILES string of the molecule is CCN(CC)CCn1cc(-c2cnc3ccc(C(F)c4nnc5ncc(C)nn45)cc3c2)cn1. The molecular formula is C24H26FN9. The topological polar surface area (TPSA) is 89.9 Å². The van der Waals surface area contributed by atoms with E-state index in [1.807, 2.05) is 35.4 Å². The first kappa shape index (κ1) is 22.0. The van der Waals surface area contributed by atoms with E-state index in [0.29, 0.717) is 11.3 Å². The predicted molar refractivity (Wildman–Crippen MR) is 127 cm³/mol. The van der Waals surface area contributed by atoms with Crippen molar-refractivity contribution in [1.29, 1.82) is 0 Å². The average molecular weight is 460 g/mol. The van der Waals surface area contributed by atoms with Crippen molar-refractivity contribution in [1.82, 2.24) is 44.5 Å². The number of fused-ring (bicyclic) bond motifs is 2. The van der Waals surface area contributed by atoms with Crippen molar-refractivity contribution in [2.75, 3.05) is 19.6 Å². The van der Waals surface area contributed by atoms with Gasteiger partial charge in [-0.05, 0) is 43.8 Å². The van der Waals surface area contributed by atoms with Crippen LogP contribution in [0.1, 0.15) is 37.1 Å². The first-order valence-corrected chi connectivity index (χ1v) is 11.4. The van der Waals surface area contributed by atoms with Gasteiger partial charge in [0.05, 0.1) is 30.1 Å². The molecule has 9 nitrogen and oxygen atoms in total. The summed E-state index contributed by atoms with van der Waals surface area (Å²) in [6.45, 7) is 9.93. The second-order valence-electron chi connectivity index (χ2n) is 8.23. The average Bonchev–Trinajstić information content (AvgIpc) is 3.50. The standard InChI is InChI=1S/C24H26FN9/c1-4-32(5-2)8-9-33-15-20(14-28-33)19-11-18-10-17(6-7-21(18)26-13-19)22(25)23-29-30-24-27-12-16(3)31-34(23)24/h6-7,10-15,22H,4-5,8-9H2,1-3H3. The number of hydrogen-bond acceptors (Lipinski definition) is 7. The van der Waals surface area contributed by atoms with Gasteiger partial charge in [0.25, 0.3) is 5.78 Å². The summed E-state index contributed by atoms with van der Waals surface area (Å²) >= 11 is 0. The lowest BCUT2D eigenvalue weighted by Gasteiger charge is -2.17. The lowest BCUT2D eigenvalue weighted by molar-refractivity contribution is 0.285. The smallest absolute Gasteiger partial charge is 0.272 e. The maximum absolute atomic E-state index is 15.5. The zero-order valence-electron chi connectivity index (χ0n) is 19.4. The number of benzene rings is 1. The molecular weight excluding hydrogens is 433 g/mol. The van der Waals surface area contributed by atoms with Crippen LogP contribution in [0, 0.1) is 6.92 Å². The highest BCUT2D eigenvalue weighted by atomic mass is 19.1. The number of hydrogen-bond donors (Lipinski definition) is 0. The molecule has 0 spiro atoms. The zero-order valence-corrected chi connectivity index (χ0v) is 19.4. The second kappa shape index (κ2) is 9.22. The lowest BCUT2D eigenvalue weighted by atomic mass is 10.0. The summed E-state index contributed by atoms with van der Waals surface area (Å²) in [6, 6.07) is 7.34. The van der Waals surface area contributed by atoms with Crippen molar-refractivity contribution in [2.24, 2.45) is 0 Å². The van der Waals surface area contributed by atoms with Crippen LogP contribution in [0.4, 0.5) is 4.39 Å². The van der Waals surface area contributed by atoms with Gasteiger partial charge in [0.15, 0.2) is 12.0 Å². The molecule has 4 heterocycles. The summed E-state index contributed by atoms with van der Waals surface area (Å²) in [4.78, 5) is 11.1. The summed E-state index contributed by atoms with van der Waals surface area (Å²) in [6.07, 6.45) is 5.77. The molecule has 1 aromatic carbocycles. The second-order valence-corrected chi connectivity index (χ2v) is 8.23. The molecule has 1 unspecified atom stereocenters. The van der Waals surface area contributed by atoms with Gasteiger partial charge in [-0.3, -0.25) is 9.67 Å². The third-order valence-electron chi connectivity index (χ3n) is 6.00. The normalized spacial score (nSPS) is 12.7. The number of nitrogens with zero attached hydrogens (tertiary/aromatic N) is 9. The van der Waals surface area contributed by atoms with E-state index < -0.39 is 6.17 Å². The van der Waals surface area contributed by atoms with E-state index in [1.165, 1.54) is 4.52 Å². The minimum absolute atomic E-state index is 0.101. The molecule has 174 valence electrons. The van der Waals surface area contributed by atoms with Gasteiger partial charge >= 0.3 is 0 Å². The minimum Gasteiger partial charge on any atom is -0.302 e. The van der Waals surface area contributed by atoms with E-state index in [4.69, 9.17) is 0 Å². The zero-order chi connectivity index (χ0) is 23.7. The first-order valence-electron chi connectivity index (χ1n) is 11.4. The highest BCUT2D eigenvalue weighted by Gasteiger charge is 2.21. The Labute approximate surface area is 196 Å². The molecule has 34 heavy (non-hydrogen) atoms. The Morgan fingerprint density at radius 1 is 1.00 bits per heavy atom. The minimum atomic E-state index is -1.50. The third kappa shape index (κ3) is 4.24. The Kier molecular flexibility index (Phi) is 5.97. The quantitative estimate of drug-likeness (QED) is 0.350. The summed E-state index contributed by atoms with van der Waals surface area (Å²) in [7, 11) is 0. The number of pyridine rings is 1. The van der Waals surface area contributed by atoms with Crippen LogP contribution in [0.5, 0.6) is 0 Å². The van der Waals surface area contributed by atoms with Gasteiger partial charge in [-0.2, -0.15) is 14.7 Å². The number of halogens is 1. The molecule has 10 heteroatoms. The monoisotopic (exact) mass is 459 g/mol. The molecule has 1 atom stereocenters. The number of rotatable bonds is 8. The summed E-state index contributed by atoms with van der Waals surface area (Å²) < 4.78 is 18.8. The van der Waals surface area contributed by atoms with Crippen molar-refractivity contribution < 1.29 is 4.39 Å². The highest BCUT2D eigenvalue weighted by Crippen LogP contribution is 2.29. The van der Waals surface area contributed by atoms with Crippen molar-refractivity contribution in [3.05, 3.63) is 66.1 Å². The largest absolute Gasteiger partial charge is 0.302 e. The fourth-order valence-corrected chi connectivity index (χ4v) is 3.99. The van der Waals surface area contributed by atoms with Crippen LogP contribution in [0.3, 0.4) is 0 Å². The number of aryl methyl sites for hydroxylation is 1. The van der Waals surface area contributed by atoms with E-state index in [-0.39, 0.29) is 11.6 Å². The molecule has 0 saturated carbocycles. The Morgan fingerprint density at radius 2 is 1.85 bits per heavy atom. The van der Waals surface area contributed by atoms with Crippen LogP contribution in [-0.2, 0) is 6.54 Å². The predicted octanol–water partition coefficient (Wildman–Crippen LogP) is 3.64. The molecule has 0 amide bonds. The van der Waals surface area contributed by atoms with Crippen LogP contribution in [0.2, 0.25) is 0 Å². The van der Waals surface area contributed by atoms with Gasteiger partial charge in [-0.15, -0.1) is 10.2 Å². The molecule has 0 saturated heterocycles. The summed E-state index contributed by atoms with van der Waals surface area (Å²) in [5.41, 5.74) is 3.81. The van der Waals surface area contributed by atoms with Crippen LogP contribution in [0.15, 0.2) is 49.1 Å². The Bertz CT molecular complexity index is 1440. The van der Waals surface area contributed by atoms with Crippen molar-refractivity contribution in [3.8, 4) is 11.1 Å². The van der Waals surface area contributed by atoms with E-state index in [1.54, 1.807) is 25.3 Å². The van der Waals surface area contributed by atoms with E-state index in [2.05, 4.69) is 49.1 Å². The first-order chi connectivity index (χ1) is 16.6. The van der Waals surface area contributed by atoms with Crippen LogP contribution < -0.4 is 0 Å². The van der Waals surface area contributed by atoms with Crippen LogP contribution in [-0.4, -0.2) is 64.1 Å². The molecule has 0 N–H and O–H groups in total. The van der Waals surface area contributed by atoms with E-state index in [9.17, 15) is 0 Å². The fraction of sp³-hybridized carbons (Fsp3) is 0.333. The van der Waals surface area contributed by atoms with E-state index in [0.717, 1.165) is 48.2 Å². The van der Waals surface area contributed by atoms with Crippen molar-refractivity contribution in [3.63, 3.8) is 0 Å². The number of likely N-dealkylation sites (N-methyl/N-ethyl adjacent to an activating group) is 1. The Morgan fingerprint density at radius 3 is 2.68 bits per heavy atom. The molecule has 0 aliphatic rings. The van der Waals surface area contributed by atoms with Gasteiger partial charge in [0, 0.05) is 35.5 Å². The van der Waals surface area contributed by atoms with Crippen LogP contribution in [0.25, 0.3) is 27.8 Å². The Balaban J connectivity index is 1.42. The lowest BCUT2D eigenvalue weighted by Crippen LogP contribution is -2.27. The maximum Gasteiger partial charge on any atom is 0.272 e.